The Hall–Kier alpha value is -1.20. The summed E-state index contributed by atoms with van der Waals surface area (Å²) in [6.45, 7) is 2.46. The molecule has 0 aromatic carbocycles. The zero-order valence-electron chi connectivity index (χ0n) is 12.3. The molecule has 2 saturated heterocycles. The van der Waals surface area contributed by atoms with Crippen LogP contribution < -0.4 is 11.1 Å². The second-order valence-corrected chi connectivity index (χ2v) is 6.93. The Labute approximate surface area is 131 Å². The van der Waals surface area contributed by atoms with Gasteiger partial charge in [-0.3, -0.25) is 4.90 Å². The van der Waals surface area contributed by atoms with Gasteiger partial charge in [-0.25, -0.2) is 4.98 Å². The monoisotopic (exact) mass is 302 g/mol. The molecule has 112 valence electrons. The summed E-state index contributed by atoms with van der Waals surface area (Å²) in [4.78, 5) is 7.92. The van der Waals surface area contributed by atoms with Crippen LogP contribution in [0.4, 0.5) is 5.82 Å². The van der Waals surface area contributed by atoms with Crippen LogP contribution in [0.2, 0.25) is 0 Å². The molecule has 1 aliphatic carbocycles. The number of nitrogens with zero attached hydrogens (tertiary/aromatic N) is 2. The van der Waals surface area contributed by atoms with Crippen LogP contribution in [0.3, 0.4) is 0 Å². The van der Waals surface area contributed by atoms with Gasteiger partial charge in [-0.2, -0.15) is 0 Å². The summed E-state index contributed by atoms with van der Waals surface area (Å²) in [7, 11) is 0. The summed E-state index contributed by atoms with van der Waals surface area (Å²) < 4.78 is 0. The molecule has 21 heavy (non-hydrogen) atoms. The minimum absolute atomic E-state index is 0.459. The number of pyridine rings is 1. The first-order valence-electron chi connectivity index (χ1n) is 8.05. The molecule has 2 atom stereocenters. The van der Waals surface area contributed by atoms with E-state index in [1.165, 1.54) is 50.0 Å². The first kappa shape index (κ1) is 13.5. The number of nitrogens with one attached hydrogen (secondary N) is 1. The van der Waals surface area contributed by atoms with Gasteiger partial charge in [0.2, 0.25) is 0 Å². The molecular formula is C16H22N4S. The number of aromatic nitrogens is 1. The SMILES string of the molecule is NC(=S)c1cc2c(nc1NC1CCN3CCCC13)CCC2. The molecule has 4 nitrogen and oxygen atoms in total. The molecule has 3 N–H and O–H groups in total. The Morgan fingerprint density at radius 1 is 1.29 bits per heavy atom. The fourth-order valence-electron chi connectivity index (χ4n) is 4.20. The normalized spacial score (nSPS) is 27.6. The highest BCUT2D eigenvalue weighted by Gasteiger charge is 2.37. The summed E-state index contributed by atoms with van der Waals surface area (Å²) in [6.07, 6.45) is 7.20. The van der Waals surface area contributed by atoms with Crippen molar-refractivity contribution in [2.45, 2.75) is 50.6 Å². The Balaban J connectivity index is 1.63. The molecule has 0 spiro atoms. The molecule has 2 unspecified atom stereocenters. The smallest absolute Gasteiger partial charge is 0.136 e. The number of hydrogen-bond acceptors (Lipinski definition) is 4. The molecular weight excluding hydrogens is 280 g/mol. The van der Waals surface area contributed by atoms with Crippen LogP contribution >= 0.6 is 12.2 Å². The van der Waals surface area contributed by atoms with Crippen molar-refractivity contribution in [1.82, 2.24) is 9.88 Å². The number of hydrogen-bond donors (Lipinski definition) is 2. The molecule has 4 rings (SSSR count). The van der Waals surface area contributed by atoms with Gasteiger partial charge in [-0.05, 0) is 56.7 Å². The first-order chi connectivity index (χ1) is 10.2. The van der Waals surface area contributed by atoms with Crippen LogP contribution in [0.1, 0.15) is 42.5 Å². The summed E-state index contributed by atoms with van der Waals surface area (Å²) in [5.41, 5.74) is 9.43. The van der Waals surface area contributed by atoms with Crippen molar-refractivity contribution in [1.29, 1.82) is 0 Å². The predicted molar refractivity (Wildman–Crippen MR) is 88.8 cm³/mol. The van der Waals surface area contributed by atoms with E-state index in [0.717, 1.165) is 24.2 Å². The van der Waals surface area contributed by atoms with E-state index in [-0.39, 0.29) is 0 Å². The van der Waals surface area contributed by atoms with E-state index < -0.39 is 0 Å². The molecule has 5 heteroatoms. The predicted octanol–water partition coefficient (Wildman–Crippen LogP) is 1.85. The van der Waals surface area contributed by atoms with Crippen LogP contribution in [0.25, 0.3) is 0 Å². The zero-order chi connectivity index (χ0) is 14.4. The third kappa shape index (κ3) is 2.32. The number of aryl methyl sites for hydroxylation is 2. The van der Waals surface area contributed by atoms with Gasteiger partial charge >= 0.3 is 0 Å². The molecule has 2 aliphatic heterocycles. The standard InChI is InChI=1S/C16H22N4S/c17-15(21)11-9-10-3-1-4-12(10)18-16(11)19-13-6-8-20-7-2-5-14(13)20/h9,13-14H,1-8H2,(H2,17,21)(H,18,19). The Bertz CT molecular complexity index is 586. The summed E-state index contributed by atoms with van der Waals surface area (Å²) >= 11 is 5.24. The van der Waals surface area contributed by atoms with Crippen molar-refractivity contribution < 1.29 is 0 Å². The third-order valence-corrected chi connectivity index (χ3v) is 5.46. The lowest BCUT2D eigenvalue weighted by Crippen LogP contribution is -2.34. The average Bonchev–Trinajstić information content (AvgIpc) is 3.15. The molecule has 2 fully saturated rings. The largest absolute Gasteiger partial charge is 0.389 e. The Kier molecular flexibility index (Phi) is 3.34. The third-order valence-electron chi connectivity index (χ3n) is 5.24. The van der Waals surface area contributed by atoms with Crippen molar-refractivity contribution in [3.8, 4) is 0 Å². The van der Waals surface area contributed by atoms with Gasteiger partial charge in [-0.1, -0.05) is 12.2 Å². The molecule has 0 saturated carbocycles. The van der Waals surface area contributed by atoms with Crippen molar-refractivity contribution in [3.63, 3.8) is 0 Å². The van der Waals surface area contributed by atoms with E-state index >= 15 is 0 Å². The maximum atomic E-state index is 5.93. The van der Waals surface area contributed by atoms with Gasteiger partial charge in [0.15, 0.2) is 0 Å². The fourth-order valence-corrected chi connectivity index (χ4v) is 4.35. The van der Waals surface area contributed by atoms with Crippen LogP contribution in [0.5, 0.6) is 0 Å². The maximum Gasteiger partial charge on any atom is 0.136 e. The molecule has 0 amide bonds. The zero-order valence-corrected chi connectivity index (χ0v) is 13.1. The van der Waals surface area contributed by atoms with Crippen molar-refractivity contribution >= 4 is 23.0 Å². The van der Waals surface area contributed by atoms with Crippen LogP contribution in [0, 0.1) is 0 Å². The molecule has 0 bridgehead atoms. The fraction of sp³-hybridized carbons (Fsp3) is 0.625. The minimum Gasteiger partial charge on any atom is -0.389 e. The summed E-state index contributed by atoms with van der Waals surface area (Å²) in [5.74, 6) is 0.918. The molecule has 0 radical (unpaired) electrons. The lowest BCUT2D eigenvalue weighted by molar-refractivity contribution is 0.318. The highest BCUT2D eigenvalue weighted by atomic mass is 32.1. The average molecular weight is 302 g/mol. The number of fused-ring (bicyclic) bond motifs is 2. The Morgan fingerprint density at radius 2 is 2.19 bits per heavy atom. The topological polar surface area (TPSA) is 54.2 Å². The molecule has 1 aromatic rings. The minimum atomic E-state index is 0.459. The quantitative estimate of drug-likeness (QED) is 0.835. The van der Waals surface area contributed by atoms with Gasteiger partial charge in [0.05, 0.1) is 5.56 Å². The lowest BCUT2D eigenvalue weighted by Gasteiger charge is -2.23. The van der Waals surface area contributed by atoms with Crippen LogP contribution in [0.15, 0.2) is 6.07 Å². The lowest BCUT2D eigenvalue weighted by atomic mass is 10.1. The molecule has 3 aliphatic rings. The number of rotatable bonds is 3. The number of anilines is 1. The number of thiocarbonyl (C=S) groups is 1. The Morgan fingerprint density at radius 3 is 3.05 bits per heavy atom. The van der Waals surface area contributed by atoms with Gasteiger partial charge in [0.1, 0.15) is 10.8 Å². The van der Waals surface area contributed by atoms with Crippen LogP contribution in [-0.2, 0) is 12.8 Å². The van der Waals surface area contributed by atoms with Gasteiger partial charge in [0, 0.05) is 24.3 Å². The summed E-state index contributed by atoms with van der Waals surface area (Å²) in [5, 5.41) is 3.67. The second kappa shape index (κ2) is 5.21. The van der Waals surface area contributed by atoms with Crippen molar-refractivity contribution in [2.24, 2.45) is 5.73 Å². The second-order valence-electron chi connectivity index (χ2n) is 6.49. The van der Waals surface area contributed by atoms with E-state index in [2.05, 4.69) is 16.3 Å². The van der Waals surface area contributed by atoms with Gasteiger partial charge in [-0.15, -0.1) is 0 Å². The first-order valence-corrected chi connectivity index (χ1v) is 8.46. The molecule has 3 heterocycles. The van der Waals surface area contributed by atoms with Crippen molar-refractivity contribution in [2.75, 3.05) is 18.4 Å². The summed E-state index contributed by atoms with van der Waals surface area (Å²) in [6, 6.07) is 3.33. The highest BCUT2D eigenvalue weighted by molar-refractivity contribution is 7.80. The van der Waals surface area contributed by atoms with Crippen LogP contribution in [-0.4, -0.2) is 40.0 Å². The van der Waals surface area contributed by atoms with E-state index in [4.69, 9.17) is 22.9 Å². The maximum absolute atomic E-state index is 5.93. The van der Waals surface area contributed by atoms with E-state index in [1.54, 1.807) is 0 Å². The highest BCUT2D eigenvalue weighted by Crippen LogP contribution is 2.32. The van der Waals surface area contributed by atoms with Crippen molar-refractivity contribution in [3.05, 3.63) is 22.9 Å². The van der Waals surface area contributed by atoms with E-state index in [9.17, 15) is 0 Å². The van der Waals surface area contributed by atoms with E-state index in [0.29, 0.717) is 17.1 Å². The van der Waals surface area contributed by atoms with E-state index in [1.807, 2.05) is 0 Å². The van der Waals surface area contributed by atoms with Gasteiger partial charge < -0.3 is 11.1 Å². The number of nitrogens with two attached hydrogens (primary N) is 1. The van der Waals surface area contributed by atoms with Gasteiger partial charge in [0.25, 0.3) is 0 Å². The molecule has 1 aromatic heterocycles.